The smallest absolute Gasteiger partial charge is 0.279 e. The average molecular weight is 650 g/mol. The first kappa shape index (κ1) is 31.9. The summed E-state index contributed by atoms with van der Waals surface area (Å²) < 4.78 is 14.0. The number of thiazole rings is 2. The second-order valence-electron chi connectivity index (χ2n) is 11.7. The predicted octanol–water partition coefficient (Wildman–Crippen LogP) is 10.1. The molecule has 0 saturated carbocycles. The molecule has 0 aliphatic carbocycles. The summed E-state index contributed by atoms with van der Waals surface area (Å²) in [5.74, 6) is 1.83. The summed E-state index contributed by atoms with van der Waals surface area (Å²) in [5, 5.41) is 1.35. The quantitative estimate of drug-likeness (QED) is 0.139. The summed E-state index contributed by atoms with van der Waals surface area (Å²) in [6.07, 6.45) is 6.43. The summed E-state index contributed by atoms with van der Waals surface area (Å²) in [6.45, 7) is 6.52. The molecule has 1 aliphatic heterocycles. The normalized spacial score (nSPS) is 13.8. The third-order valence-electron chi connectivity index (χ3n) is 8.19. The Balaban J connectivity index is 0.000000164. The Hall–Kier alpha value is -4.11. The van der Waals surface area contributed by atoms with Crippen molar-refractivity contribution in [1.82, 2.24) is 14.9 Å². The number of nitrogens with zero attached hydrogens (tertiary/aromatic N) is 3. The Morgan fingerprint density at radius 3 is 1.67 bits per heavy atom. The van der Waals surface area contributed by atoms with Crippen LogP contribution in [0.4, 0.5) is 0 Å². The number of hydrogen-bond acceptors (Lipinski definition) is 8. The lowest BCUT2D eigenvalue weighted by atomic mass is 10.1. The molecule has 1 fully saturated rings. The number of ether oxygens (including phenoxy) is 2. The molecule has 3 heterocycles. The van der Waals surface area contributed by atoms with Gasteiger partial charge >= 0.3 is 0 Å². The van der Waals surface area contributed by atoms with Gasteiger partial charge in [-0.3, -0.25) is 0 Å². The van der Waals surface area contributed by atoms with E-state index in [1.165, 1.54) is 49.3 Å². The molecule has 236 valence electrons. The number of fused-ring (bicyclic) bond motifs is 2. The lowest BCUT2D eigenvalue weighted by Gasteiger charge is -2.23. The zero-order valence-corrected chi connectivity index (χ0v) is 28.0. The maximum absolute atomic E-state index is 11.0. The highest BCUT2D eigenvalue weighted by Gasteiger charge is 2.17. The van der Waals surface area contributed by atoms with Crippen molar-refractivity contribution in [3.05, 3.63) is 108 Å². The van der Waals surface area contributed by atoms with Crippen molar-refractivity contribution in [2.24, 2.45) is 0 Å². The first-order valence-electron chi connectivity index (χ1n) is 16.0. The predicted molar refractivity (Wildman–Crippen MR) is 190 cm³/mol. The minimum atomic E-state index is 0.213. The number of carbonyl (C=O) groups is 1. The number of aryl methyl sites for hydroxylation is 2. The molecule has 0 amide bonds. The van der Waals surface area contributed by atoms with Crippen molar-refractivity contribution in [3.63, 3.8) is 0 Å². The average Bonchev–Trinajstić information content (AvgIpc) is 3.84. The highest BCUT2D eigenvalue weighted by atomic mass is 32.1. The Kier molecular flexibility index (Phi) is 10.7. The first-order chi connectivity index (χ1) is 22.5. The molecule has 0 spiro atoms. The number of likely N-dealkylation sites (tertiary alicyclic amines) is 1. The Bertz CT molecular complexity index is 1790. The van der Waals surface area contributed by atoms with Crippen molar-refractivity contribution in [3.8, 4) is 21.9 Å². The lowest BCUT2D eigenvalue weighted by Crippen LogP contribution is -2.30. The van der Waals surface area contributed by atoms with Gasteiger partial charge < -0.3 is 19.2 Å². The fraction of sp³-hybridized carbons (Fsp3) is 0.289. The molecule has 6 aromatic rings. The highest BCUT2D eigenvalue weighted by molar-refractivity contribution is 7.20. The van der Waals surface area contributed by atoms with Gasteiger partial charge in [0, 0.05) is 12.5 Å². The van der Waals surface area contributed by atoms with Crippen LogP contribution < -0.4 is 9.47 Å². The van der Waals surface area contributed by atoms with Crippen LogP contribution in [-0.2, 0) is 17.6 Å². The van der Waals surface area contributed by atoms with Gasteiger partial charge in [-0.15, -0.1) is 0 Å². The number of rotatable bonds is 11. The lowest BCUT2D eigenvalue weighted by molar-refractivity contribution is -0.116. The fourth-order valence-corrected chi connectivity index (χ4v) is 7.17. The number of Topliss-reactive ketones (excluding diaryl/α,β-unsaturated/α-hetero) is 1. The van der Waals surface area contributed by atoms with E-state index >= 15 is 0 Å². The largest absolute Gasteiger partial charge is 0.431 e. The standard InChI is InChI=1S/C21H24N2OS.C17H15NO2S/c1-16(23-14-4-5-15-23)8-9-17-10-12-18(13-11-17)24-21-22-19-6-2-3-7-20(19)25-21;1-12(19)6-7-13-8-10-14(11-9-13)20-17-18-15-4-2-3-5-16(15)21-17/h2-3,6-7,10-13,16H,4-5,8-9,14-15H2,1H3;2-5,8-11H,6-7H2,1H3. The van der Waals surface area contributed by atoms with Gasteiger partial charge in [-0.05, 0) is 119 Å². The molecule has 7 rings (SSSR count). The van der Waals surface area contributed by atoms with E-state index in [4.69, 9.17) is 9.47 Å². The Labute approximate surface area is 278 Å². The van der Waals surface area contributed by atoms with E-state index in [1.807, 2.05) is 66.7 Å². The summed E-state index contributed by atoms with van der Waals surface area (Å²) in [7, 11) is 0. The summed E-state index contributed by atoms with van der Waals surface area (Å²) in [6, 6.07) is 33.1. The van der Waals surface area contributed by atoms with Crippen molar-refractivity contribution < 1.29 is 14.3 Å². The second kappa shape index (κ2) is 15.5. The van der Waals surface area contributed by atoms with Crippen LogP contribution in [0.2, 0.25) is 0 Å². The second-order valence-corrected chi connectivity index (χ2v) is 13.7. The van der Waals surface area contributed by atoms with Gasteiger partial charge in [0.1, 0.15) is 17.3 Å². The Morgan fingerprint density at radius 2 is 1.20 bits per heavy atom. The molecule has 1 saturated heterocycles. The number of aromatic nitrogens is 2. The summed E-state index contributed by atoms with van der Waals surface area (Å²) >= 11 is 3.12. The molecule has 1 aliphatic rings. The Morgan fingerprint density at radius 1 is 0.717 bits per heavy atom. The molecule has 46 heavy (non-hydrogen) atoms. The van der Waals surface area contributed by atoms with E-state index in [0.29, 0.717) is 22.9 Å². The van der Waals surface area contributed by atoms with Gasteiger partial charge in [0.2, 0.25) is 0 Å². The molecule has 0 radical (unpaired) electrons. The van der Waals surface area contributed by atoms with Crippen LogP contribution in [0.15, 0.2) is 97.1 Å². The van der Waals surface area contributed by atoms with Crippen molar-refractivity contribution in [2.45, 2.75) is 58.4 Å². The van der Waals surface area contributed by atoms with Gasteiger partial charge in [-0.1, -0.05) is 71.2 Å². The van der Waals surface area contributed by atoms with E-state index in [0.717, 1.165) is 50.3 Å². The minimum absolute atomic E-state index is 0.213. The van der Waals surface area contributed by atoms with Gasteiger partial charge in [0.05, 0.1) is 20.4 Å². The van der Waals surface area contributed by atoms with Crippen LogP contribution >= 0.6 is 22.7 Å². The monoisotopic (exact) mass is 649 g/mol. The van der Waals surface area contributed by atoms with E-state index < -0.39 is 0 Å². The van der Waals surface area contributed by atoms with E-state index in [1.54, 1.807) is 18.3 Å². The molecule has 2 aromatic heterocycles. The highest BCUT2D eigenvalue weighted by Crippen LogP contribution is 2.32. The number of ketones is 1. The minimum Gasteiger partial charge on any atom is -0.431 e. The molecule has 1 unspecified atom stereocenters. The summed E-state index contributed by atoms with van der Waals surface area (Å²) in [5.41, 5.74) is 4.47. The molecular weight excluding hydrogens is 611 g/mol. The SMILES string of the molecule is CC(=O)CCc1ccc(Oc2nc3ccccc3s2)cc1.CC(CCc1ccc(Oc2nc3ccccc3s2)cc1)N1CCCC1. The van der Waals surface area contributed by atoms with Crippen molar-refractivity contribution >= 4 is 48.9 Å². The number of carbonyl (C=O) groups excluding carboxylic acids is 1. The zero-order valence-electron chi connectivity index (χ0n) is 26.4. The molecular formula is C38H39N3O3S2. The van der Waals surface area contributed by atoms with Crippen LogP contribution in [0, 0.1) is 0 Å². The van der Waals surface area contributed by atoms with E-state index in [2.05, 4.69) is 52.1 Å². The van der Waals surface area contributed by atoms with Crippen molar-refractivity contribution in [1.29, 1.82) is 0 Å². The van der Waals surface area contributed by atoms with Crippen LogP contribution in [0.25, 0.3) is 20.4 Å². The molecule has 0 N–H and O–H groups in total. The molecule has 4 aromatic carbocycles. The number of hydrogen-bond donors (Lipinski definition) is 0. The van der Waals surface area contributed by atoms with E-state index in [-0.39, 0.29) is 5.78 Å². The molecule has 1 atom stereocenters. The third kappa shape index (κ3) is 8.78. The zero-order chi connectivity index (χ0) is 31.7. The van der Waals surface area contributed by atoms with Gasteiger partial charge in [0.15, 0.2) is 0 Å². The maximum Gasteiger partial charge on any atom is 0.279 e. The van der Waals surface area contributed by atoms with Crippen LogP contribution in [0.1, 0.15) is 50.7 Å². The van der Waals surface area contributed by atoms with E-state index in [9.17, 15) is 4.79 Å². The van der Waals surface area contributed by atoms with Crippen LogP contribution in [-0.4, -0.2) is 39.8 Å². The van der Waals surface area contributed by atoms with Crippen LogP contribution in [0.3, 0.4) is 0 Å². The molecule has 8 heteroatoms. The van der Waals surface area contributed by atoms with Gasteiger partial charge in [-0.2, -0.15) is 0 Å². The first-order valence-corrected chi connectivity index (χ1v) is 17.6. The van der Waals surface area contributed by atoms with Gasteiger partial charge in [-0.25, -0.2) is 9.97 Å². The number of benzene rings is 4. The topological polar surface area (TPSA) is 64.5 Å². The summed E-state index contributed by atoms with van der Waals surface area (Å²) in [4.78, 5) is 22.6. The fourth-order valence-electron chi connectivity index (χ4n) is 5.50. The van der Waals surface area contributed by atoms with Gasteiger partial charge in [0.25, 0.3) is 10.4 Å². The van der Waals surface area contributed by atoms with Crippen molar-refractivity contribution in [2.75, 3.05) is 13.1 Å². The third-order valence-corrected chi connectivity index (χ3v) is 10.0. The molecule has 6 nitrogen and oxygen atoms in total. The molecule has 0 bridgehead atoms. The van der Waals surface area contributed by atoms with Crippen LogP contribution in [0.5, 0.6) is 21.9 Å². The number of para-hydroxylation sites is 2. The maximum atomic E-state index is 11.0.